The number of carbonyl (C=O) groups is 4. The highest BCUT2D eigenvalue weighted by Gasteiger charge is 2.19. The molecule has 0 spiro atoms. The predicted octanol–water partition coefficient (Wildman–Crippen LogP) is 7.55. The lowest BCUT2D eigenvalue weighted by Gasteiger charge is -2.07. The molecule has 2 rings (SSSR count). The molecular weight excluding hydrogens is 616 g/mol. The summed E-state index contributed by atoms with van der Waals surface area (Å²) in [7, 11) is 0. The van der Waals surface area contributed by atoms with E-state index >= 15 is 0 Å². The van der Waals surface area contributed by atoms with Crippen molar-refractivity contribution in [3.63, 3.8) is 0 Å². The van der Waals surface area contributed by atoms with Crippen LogP contribution in [0.3, 0.4) is 0 Å². The van der Waals surface area contributed by atoms with Gasteiger partial charge in [-0.25, -0.2) is 36.7 Å². The highest BCUT2D eigenvalue weighted by atomic mass is 19.1. The molecule has 2 aromatic carbocycles. The Morgan fingerprint density at radius 3 is 1.09 bits per heavy atom. The standard InChI is InChI=1S/C32H34F4N2O8/c1-3-27(39)43-13-9-5-7-11-15-45-31(41)21-17-23(33)29(24(34)18-21)37-38-30-25(35)19-22(20-26(30)36)32(42)46-16-12-8-6-10-14-44-28(40)4-2/h3-4,17-20H,1-2,5-16H2. The first kappa shape index (κ1) is 37.3. The topological polar surface area (TPSA) is 130 Å². The Morgan fingerprint density at radius 2 is 0.804 bits per heavy atom. The van der Waals surface area contributed by atoms with Gasteiger partial charge in [-0.05, 0) is 75.6 Å². The number of benzene rings is 2. The molecule has 14 heteroatoms. The molecule has 0 N–H and O–H groups in total. The third-order valence-corrected chi connectivity index (χ3v) is 6.12. The molecule has 0 aliphatic carbocycles. The molecule has 0 amide bonds. The lowest BCUT2D eigenvalue weighted by Crippen LogP contribution is -2.08. The Balaban J connectivity index is 1.86. The minimum Gasteiger partial charge on any atom is -0.463 e. The number of carbonyl (C=O) groups excluding carboxylic acids is 4. The van der Waals surface area contributed by atoms with E-state index in [1.807, 2.05) is 0 Å². The van der Waals surface area contributed by atoms with Crippen molar-refractivity contribution >= 4 is 35.3 Å². The summed E-state index contributed by atoms with van der Waals surface area (Å²) in [5.41, 5.74) is -2.90. The summed E-state index contributed by atoms with van der Waals surface area (Å²) in [5, 5.41) is 6.53. The zero-order chi connectivity index (χ0) is 33.9. The molecular formula is C32H34F4N2O8. The van der Waals surface area contributed by atoms with E-state index in [1.165, 1.54) is 0 Å². The Kier molecular flexibility index (Phi) is 16.4. The van der Waals surface area contributed by atoms with Crippen molar-refractivity contribution in [1.82, 2.24) is 0 Å². The number of halogens is 4. The first-order valence-electron chi connectivity index (χ1n) is 14.4. The maximum absolute atomic E-state index is 14.6. The fourth-order valence-electron chi connectivity index (χ4n) is 3.73. The third-order valence-electron chi connectivity index (χ3n) is 6.12. The summed E-state index contributed by atoms with van der Waals surface area (Å²) in [4.78, 5) is 46.3. The summed E-state index contributed by atoms with van der Waals surface area (Å²) in [6.45, 7) is 6.99. The van der Waals surface area contributed by atoms with Gasteiger partial charge in [0.2, 0.25) is 0 Å². The van der Waals surface area contributed by atoms with Crippen LogP contribution in [0.2, 0.25) is 0 Å². The molecule has 0 aromatic heterocycles. The van der Waals surface area contributed by atoms with Crippen LogP contribution in [-0.2, 0) is 28.5 Å². The molecule has 0 atom stereocenters. The van der Waals surface area contributed by atoms with Gasteiger partial charge in [-0.1, -0.05) is 13.2 Å². The normalized spacial score (nSPS) is 10.8. The summed E-state index contributed by atoms with van der Waals surface area (Å²) in [6, 6.07) is 2.60. The largest absolute Gasteiger partial charge is 0.463 e. The van der Waals surface area contributed by atoms with E-state index in [2.05, 4.69) is 23.4 Å². The van der Waals surface area contributed by atoms with Crippen LogP contribution < -0.4 is 0 Å². The van der Waals surface area contributed by atoms with Crippen molar-refractivity contribution in [1.29, 1.82) is 0 Å². The summed E-state index contributed by atoms with van der Waals surface area (Å²) >= 11 is 0. The second kappa shape index (κ2) is 20.2. The average molecular weight is 651 g/mol. The van der Waals surface area contributed by atoms with Crippen LogP contribution in [-0.4, -0.2) is 50.3 Å². The van der Waals surface area contributed by atoms with Crippen molar-refractivity contribution in [2.24, 2.45) is 10.2 Å². The van der Waals surface area contributed by atoms with Crippen LogP contribution in [0.15, 0.2) is 59.8 Å². The van der Waals surface area contributed by atoms with Crippen LogP contribution in [0.1, 0.15) is 72.1 Å². The van der Waals surface area contributed by atoms with Gasteiger partial charge in [-0.15, -0.1) is 10.2 Å². The number of hydrogen-bond donors (Lipinski definition) is 0. The minimum atomic E-state index is -1.33. The number of hydrogen-bond acceptors (Lipinski definition) is 10. The van der Waals surface area contributed by atoms with E-state index in [0.29, 0.717) is 75.6 Å². The van der Waals surface area contributed by atoms with Gasteiger partial charge in [-0.2, -0.15) is 0 Å². The van der Waals surface area contributed by atoms with Gasteiger partial charge in [0, 0.05) is 12.2 Å². The fourth-order valence-corrected chi connectivity index (χ4v) is 3.73. The van der Waals surface area contributed by atoms with Crippen molar-refractivity contribution in [3.8, 4) is 0 Å². The number of ether oxygens (including phenoxy) is 4. The molecule has 0 saturated carbocycles. The predicted molar refractivity (Wildman–Crippen MR) is 157 cm³/mol. The van der Waals surface area contributed by atoms with E-state index in [0.717, 1.165) is 12.2 Å². The molecule has 0 aliphatic heterocycles. The summed E-state index contributed by atoms with van der Waals surface area (Å²) in [5.74, 6) is -8.34. The minimum absolute atomic E-state index is 0.0192. The molecule has 10 nitrogen and oxygen atoms in total. The van der Waals surface area contributed by atoms with Crippen LogP contribution in [0, 0.1) is 23.3 Å². The second-order valence-corrected chi connectivity index (χ2v) is 9.62. The summed E-state index contributed by atoms with van der Waals surface area (Å²) in [6.07, 6.45) is 6.93. The van der Waals surface area contributed by atoms with Crippen molar-refractivity contribution in [2.75, 3.05) is 26.4 Å². The first-order chi connectivity index (χ1) is 22.1. The van der Waals surface area contributed by atoms with Crippen LogP contribution in [0.4, 0.5) is 28.9 Å². The van der Waals surface area contributed by atoms with Gasteiger partial charge in [0.25, 0.3) is 0 Å². The highest BCUT2D eigenvalue weighted by molar-refractivity contribution is 5.90. The quantitative estimate of drug-likeness (QED) is 0.0359. The average Bonchev–Trinajstić information content (AvgIpc) is 3.03. The lowest BCUT2D eigenvalue weighted by molar-refractivity contribution is -0.138. The van der Waals surface area contributed by atoms with Gasteiger partial charge in [0.05, 0.1) is 37.6 Å². The number of nitrogens with zero attached hydrogens (tertiary/aromatic N) is 2. The maximum atomic E-state index is 14.6. The zero-order valence-corrected chi connectivity index (χ0v) is 25.0. The van der Waals surface area contributed by atoms with Crippen LogP contribution >= 0.6 is 0 Å². The van der Waals surface area contributed by atoms with Crippen molar-refractivity contribution < 1.29 is 55.7 Å². The Morgan fingerprint density at radius 1 is 0.522 bits per heavy atom. The van der Waals surface area contributed by atoms with Crippen molar-refractivity contribution in [2.45, 2.75) is 51.4 Å². The number of unbranched alkanes of at least 4 members (excludes halogenated alkanes) is 6. The molecule has 0 heterocycles. The Hall–Kier alpha value is -4.88. The second-order valence-electron chi connectivity index (χ2n) is 9.62. The van der Waals surface area contributed by atoms with Crippen LogP contribution in [0.5, 0.6) is 0 Å². The zero-order valence-electron chi connectivity index (χ0n) is 25.0. The molecule has 0 bridgehead atoms. The monoisotopic (exact) mass is 650 g/mol. The third kappa shape index (κ3) is 13.0. The van der Waals surface area contributed by atoms with E-state index in [4.69, 9.17) is 18.9 Å². The number of rotatable bonds is 20. The van der Waals surface area contributed by atoms with Gasteiger partial charge in [0.1, 0.15) is 0 Å². The first-order valence-corrected chi connectivity index (χ1v) is 14.4. The van der Waals surface area contributed by atoms with Gasteiger partial charge in [-0.3, -0.25) is 0 Å². The Labute approximate surface area is 263 Å². The molecule has 0 fully saturated rings. The number of esters is 4. The molecule has 248 valence electrons. The van der Waals surface area contributed by atoms with E-state index in [9.17, 15) is 36.7 Å². The molecule has 0 radical (unpaired) electrons. The summed E-state index contributed by atoms with van der Waals surface area (Å²) < 4.78 is 77.9. The molecule has 46 heavy (non-hydrogen) atoms. The van der Waals surface area contributed by atoms with E-state index in [-0.39, 0.29) is 26.4 Å². The molecule has 0 aliphatic rings. The van der Waals surface area contributed by atoms with E-state index < -0.39 is 69.6 Å². The molecule has 0 saturated heterocycles. The Bertz CT molecular complexity index is 1280. The smallest absolute Gasteiger partial charge is 0.338 e. The van der Waals surface area contributed by atoms with Gasteiger partial charge >= 0.3 is 23.9 Å². The highest BCUT2D eigenvalue weighted by Crippen LogP contribution is 2.30. The fraction of sp³-hybridized carbons (Fsp3) is 0.375. The van der Waals surface area contributed by atoms with Gasteiger partial charge < -0.3 is 18.9 Å². The van der Waals surface area contributed by atoms with E-state index in [1.54, 1.807) is 0 Å². The van der Waals surface area contributed by atoms with Crippen molar-refractivity contribution in [3.05, 3.63) is 84.0 Å². The lowest BCUT2D eigenvalue weighted by atomic mass is 10.2. The van der Waals surface area contributed by atoms with Crippen LogP contribution in [0.25, 0.3) is 0 Å². The molecule has 0 unspecified atom stereocenters. The molecule has 2 aromatic rings. The maximum Gasteiger partial charge on any atom is 0.338 e. The number of azo groups is 1. The van der Waals surface area contributed by atoms with Gasteiger partial charge in [0.15, 0.2) is 34.6 Å². The SMILES string of the molecule is C=CC(=O)OCCCCCCOC(=O)c1cc(F)c(N=Nc2c(F)cc(C(=O)OCCCCCCOC(=O)C=C)cc2F)c(F)c1.